The number of pyridine rings is 4. The molecule has 0 atom stereocenters. The zero-order valence-electron chi connectivity index (χ0n) is 38.7. The number of piperazine rings is 2. The molecular formula is C54H51ClF2N8O6. The maximum absolute atomic E-state index is 15.2. The molecule has 4 aliphatic rings. The number of anilines is 2. The van der Waals surface area contributed by atoms with Gasteiger partial charge >= 0.3 is 11.9 Å². The molecule has 2 saturated heterocycles. The topological polar surface area (TPSA) is 157 Å². The number of aromatic carboxylic acids is 2. The highest BCUT2D eigenvalue weighted by atomic mass is 35.5. The molecule has 14 nitrogen and oxygen atoms in total. The van der Waals surface area contributed by atoms with E-state index >= 15 is 8.78 Å². The molecule has 0 spiro atoms. The van der Waals surface area contributed by atoms with Crippen molar-refractivity contribution in [3.8, 4) is 0 Å². The van der Waals surface area contributed by atoms with Gasteiger partial charge in [0.25, 0.3) is 0 Å². The van der Waals surface area contributed by atoms with Crippen LogP contribution in [0.25, 0.3) is 43.6 Å². The van der Waals surface area contributed by atoms with Crippen LogP contribution in [0, 0.1) is 11.6 Å². The number of carbonyl (C=O) groups is 2. The molecule has 4 aromatic carbocycles. The van der Waals surface area contributed by atoms with E-state index in [9.17, 15) is 29.4 Å². The second kappa shape index (κ2) is 19.5. The molecule has 2 aliphatic carbocycles. The van der Waals surface area contributed by atoms with E-state index < -0.39 is 34.4 Å². The highest BCUT2D eigenvalue weighted by molar-refractivity contribution is 5.95. The lowest BCUT2D eigenvalue weighted by Crippen LogP contribution is -2.46. The van der Waals surface area contributed by atoms with Gasteiger partial charge in [0.05, 0.1) is 33.4 Å². The first-order chi connectivity index (χ1) is 34.0. The monoisotopic (exact) mass is 980 g/mol. The molecule has 12 rings (SSSR count). The van der Waals surface area contributed by atoms with Gasteiger partial charge in [-0.1, -0.05) is 48.5 Å². The average Bonchev–Trinajstić information content (AvgIpc) is 4.32. The van der Waals surface area contributed by atoms with Crippen molar-refractivity contribution >= 4 is 79.3 Å². The van der Waals surface area contributed by atoms with Gasteiger partial charge in [0.1, 0.15) is 22.8 Å². The van der Waals surface area contributed by atoms with Crippen LogP contribution in [-0.2, 0) is 13.1 Å². The molecule has 0 radical (unpaired) electrons. The van der Waals surface area contributed by atoms with Crippen molar-refractivity contribution < 1.29 is 28.6 Å². The molecule has 4 fully saturated rings. The van der Waals surface area contributed by atoms with Crippen LogP contribution in [0.5, 0.6) is 0 Å². The molecule has 364 valence electrons. The smallest absolute Gasteiger partial charge is 0.341 e. The fourth-order valence-corrected chi connectivity index (χ4v) is 10.2. The Bertz CT molecular complexity index is 3270. The maximum atomic E-state index is 15.2. The zero-order valence-corrected chi connectivity index (χ0v) is 39.5. The van der Waals surface area contributed by atoms with Crippen LogP contribution in [0.1, 0.15) is 69.6 Å². The van der Waals surface area contributed by atoms with Crippen molar-refractivity contribution in [1.82, 2.24) is 28.9 Å². The lowest BCUT2D eigenvalue weighted by Gasteiger charge is -2.36. The SMILES string of the molecule is Cl.O=C(O)c1cn(C2CC2)c2cc(N3CCN(Cc4cccc5cccnc45)CC3)c(F)cc2c1=O.O=C(O)c1cn(C2CC2)c2cc(N3CCN(Cc4cccc5cccnc45)CC3)c(F)cc2c1=O. The quantitative estimate of drug-likeness (QED) is 0.135. The van der Waals surface area contributed by atoms with Gasteiger partial charge < -0.3 is 29.1 Å². The minimum absolute atomic E-state index is 0. The second-order valence-corrected chi connectivity index (χ2v) is 18.8. The van der Waals surface area contributed by atoms with Gasteiger partial charge in [-0.3, -0.25) is 29.4 Å². The van der Waals surface area contributed by atoms with Crippen molar-refractivity contribution in [3.63, 3.8) is 0 Å². The summed E-state index contributed by atoms with van der Waals surface area (Å²) in [6.45, 7) is 7.26. The first-order valence-electron chi connectivity index (χ1n) is 23.8. The third-order valence-electron chi connectivity index (χ3n) is 14.2. The first kappa shape index (κ1) is 47.4. The average molecular weight is 982 g/mol. The number of carboxylic acid groups (broad SMARTS) is 2. The van der Waals surface area contributed by atoms with Crippen molar-refractivity contribution in [1.29, 1.82) is 0 Å². The summed E-state index contributed by atoms with van der Waals surface area (Å²) in [6.07, 6.45) is 10.2. The highest BCUT2D eigenvalue weighted by Crippen LogP contribution is 2.40. The number of benzene rings is 4. The number of para-hydroxylation sites is 2. The Labute approximate surface area is 412 Å². The van der Waals surface area contributed by atoms with E-state index in [4.69, 9.17) is 0 Å². The maximum Gasteiger partial charge on any atom is 0.341 e. The minimum atomic E-state index is -1.28. The van der Waals surface area contributed by atoms with Gasteiger partial charge in [-0.25, -0.2) is 18.4 Å². The molecule has 0 bridgehead atoms. The Morgan fingerprint density at radius 2 is 0.930 bits per heavy atom. The molecule has 0 amide bonds. The number of halogens is 3. The predicted octanol–water partition coefficient (Wildman–Crippen LogP) is 8.51. The summed E-state index contributed by atoms with van der Waals surface area (Å²) in [5, 5.41) is 21.4. The summed E-state index contributed by atoms with van der Waals surface area (Å²) in [4.78, 5) is 66.4. The van der Waals surface area contributed by atoms with E-state index in [1.165, 1.54) is 35.7 Å². The summed E-state index contributed by atoms with van der Waals surface area (Å²) < 4.78 is 34.1. The Morgan fingerprint density at radius 1 is 0.549 bits per heavy atom. The molecule has 8 aromatic rings. The van der Waals surface area contributed by atoms with Crippen LogP contribution in [-0.4, -0.2) is 103 Å². The molecule has 4 aromatic heterocycles. The molecule has 0 unspecified atom stereocenters. The van der Waals surface area contributed by atoms with Gasteiger partial charge in [0, 0.05) is 124 Å². The Kier molecular flexibility index (Phi) is 13.0. The van der Waals surface area contributed by atoms with Crippen LogP contribution < -0.4 is 20.7 Å². The van der Waals surface area contributed by atoms with E-state index in [0.717, 1.165) is 86.8 Å². The van der Waals surface area contributed by atoms with Crippen molar-refractivity contribution in [2.24, 2.45) is 0 Å². The summed E-state index contributed by atoms with van der Waals surface area (Å²) >= 11 is 0. The Hall–Kier alpha value is -7.27. The lowest BCUT2D eigenvalue weighted by molar-refractivity contribution is 0.0684. The van der Waals surface area contributed by atoms with Crippen LogP contribution >= 0.6 is 12.4 Å². The first-order valence-corrected chi connectivity index (χ1v) is 23.8. The number of aromatic nitrogens is 4. The molecule has 2 aliphatic heterocycles. The molecule has 6 heterocycles. The standard InChI is InChI=1S/2C27H25FN4O3.ClH/c2*28-22-13-20-23(32(19-6-7-19)16-21(26(20)33)27(34)35)14-24(22)31-11-9-30(10-12-31)15-18-4-1-3-17-5-2-8-29-25(17)18;/h2*1-5,8,13-14,16,19H,6-7,9-12,15H2,(H,34,35);1H. The number of hydrogen-bond acceptors (Lipinski definition) is 10. The van der Waals surface area contributed by atoms with E-state index in [1.54, 1.807) is 12.1 Å². The van der Waals surface area contributed by atoms with Crippen LogP contribution in [0.15, 0.2) is 119 Å². The van der Waals surface area contributed by atoms with E-state index in [-0.39, 0.29) is 46.4 Å². The molecule has 2 saturated carbocycles. The third kappa shape index (κ3) is 9.42. The summed E-state index contributed by atoms with van der Waals surface area (Å²) in [7, 11) is 0. The Balaban J connectivity index is 0.000000162. The van der Waals surface area contributed by atoms with Crippen LogP contribution in [0.2, 0.25) is 0 Å². The van der Waals surface area contributed by atoms with Gasteiger partial charge in [0.15, 0.2) is 0 Å². The minimum Gasteiger partial charge on any atom is -0.477 e. The number of fused-ring (bicyclic) bond motifs is 4. The normalized spacial score (nSPS) is 16.5. The molecule has 17 heteroatoms. The fraction of sp³-hybridized carbons (Fsp3) is 0.296. The lowest BCUT2D eigenvalue weighted by atomic mass is 10.1. The fourth-order valence-electron chi connectivity index (χ4n) is 10.2. The number of nitrogens with zero attached hydrogens (tertiary/aromatic N) is 8. The number of carboxylic acids is 2. The summed E-state index contributed by atoms with van der Waals surface area (Å²) in [5.41, 5.74) is 4.60. The molecule has 2 N–H and O–H groups in total. The van der Waals surface area contributed by atoms with Gasteiger partial charge in [-0.2, -0.15) is 0 Å². The Morgan fingerprint density at radius 3 is 1.30 bits per heavy atom. The van der Waals surface area contributed by atoms with E-state index in [0.29, 0.717) is 48.6 Å². The summed E-state index contributed by atoms with van der Waals surface area (Å²) in [5.74, 6) is -3.56. The van der Waals surface area contributed by atoms with Crippen LogP contribution in [0.4, 0.5) is 20.2 Å². The van der Waals surface area contributed by atoms with E-state index in [1.807, 2.05) is 43.5 Å². The molecule has 71 heavy (non-hydrogen) atoms. The van der Waals surface area contributed by atoms with Gasteiger partial charge in [-0.15, -0.1) is 12.4 Å². The summed E-state index contributed by atoms with van der Waals surface area (Å²) in [6, 6.07) is 26.6. The predicted molar refractivity (Wildman–Crippen MR) is 273 cm³/mol. The molecular weight excluding hydrogens is 930 g/mol. The largest absolute Gasteiger partial charge is 0.477 e. The number of hydrogen-bond donors (Lipinski definition) is 2. The van der Waals surface area contributed by atoms with Gasteiger partial charge in [0.2, 0.25) is 10.9 Å². The van der Waals surface area contributed by atoms with Crippen LogP contribution in [0.3, 0.4) is 0 Å². The third-order valence-corrected chi connectivity index (χ3v) is 14.2. The highest BCUT2D eigenvalue weighted by Gasteiger charge is 2.31. The second-order valence-electron chi connectivity index (χ2n) is 18.8. The van der Waals surface area contributed by atoms with Gasteiger partial charge in [-0.05, 0) is 73.2 Å². The number of rotatable bonds is 10. The zero-order chi connectivity index (χ0) is 48.2. The van der Waals surface area contributed by atoms with Crippen molar-refractivity contribution in [3.05, 3.63) is 164 Å². The van der Waals surface area contributed by atoms with Crippen molar-refractivity contribution in [2.75, 3.05) is 62.2 Å². The van der Waals surface area contributed by atoms with E-state index in [2.05, 4.69) is 68.3 Å². The van der Waals surface area contributed by atoms with Crippen molar-refractivity contribution in [2.45, 2.75) is 50.9 Å².